The highest BCUT2D eigenvalue weighted by molar-refractivity contribution is 6.10. The Morgan fingerprint density at radius 1 is 1.00 bits per heavy atom. The molecule has 2 amide bonds. The minimum Gasteiger partial charge on any atom is -0.496 e. The maximum absolute atomic E-state index is 13.3. The number of fused-ring (bicyclic) bond motifs is 1. The van der Waals surface area contributed by atoms with E-state index < -0.39 is 30.7 Å². The molecule has 1 atom stereocenters. The first kappa shape index (κ1) is 23.2. The van der Waals surface area contributed by atoms with Gasteiger partial charge in [0.1, 0.15) is 23.8 Å². The standard InChI is InChI=1S/C21H22F3N3O5/c1-30-12-8-16(31-2)14(17(9-12)32-3)10-26-18(25)20(29)27(11-21(22,23)24)15-7-5-4-6-13(15)19(26)28/h4-9,18H,10-11,25H2,1-3H3. The van der Waals surface area contributed by atoms with E-state index in [2.05, 4.69) is 0 Å². The Morgan fingerprint density at radius 3 is 2.12 bits per heavy atom. The van der Waals surface area contributed by atoms with Gasteiger partial charge in [0.05, 0.1) is 44.7 Å². The molecule has 0 radical (unpaired) electrons. The molecule has 1 aliphatic heterocycles. The third-order valence-corrected chi connectivity index (χ3v) is 5.02. The first-order chi connectivity index (χ1) is 15.1. The fourth-order valence-corrected chi connectivity index (χ4v) is 3.50. The number of benzene rings is 2. The molecule has 0 bridgehead atoms. The fraction of sp³-hybridized carbons (Fsp3) is 0.333. The largest absolute Gasteiger partial charge is 0.496 e. The van der Waals surface area contributed by atoms with Crippen LogP contribution in [0, 0.1) is 0 Å². The number of methoxy groups -OCH3 is 3. The molecule has 172 valence electrons. The Morgan fingerprint density at radius 2 is 1.59 bits per heavy atom. The number of hydrogen-bond acceptors (Lipinski definition) is 6. The number of para-hydroxylation sites is 1. The third kappa shape index (κ3) is 4.42. The lowest BCUT2D eigenvalue weighted by Gasteiger charge is -2.29. The molecule has 3 rings (SSSR count). The van der Waals surface area contributed by atoms with Crippen LogP contribution >= 0.6 is 0 Å². The van der Waals surface area contributed by atoms with Crippen LogP contribution in [0.3, 0.4) is 0 Å². The first-order valence-electron chi connectivity index (χ1n) is 9.43. The summed E-state index contributed by atoms with van der Waals surface area (Å²) in [5, 5.41) is 0. The summed E-state index contributed by atoms with van der Waals surface area (Å²) in [6.45, 7) is -1.83. The normalized spacial score (nSPS) is 16.5. The predicted octanol–water partition coefficient (Wildman–Crippen LogP) is 2.55. The second kappa shape index (κ2) is 8.95. The molecule has 8 nitrogen and oxygen atoms in total. The lowest BCUT2D eigenvalue weighted by atomic mass is 10.1. The molecule has 2 aromatic carbocycles. The molecular formula is C21H22F3N3O5. The number of carbonyl (C=O) groups excluding carboxylic acids is 2. The van der Waals surface area contributed by atoms with Crippen LogP contribution in [-0.4, -0.2) is 56.9 Å². The summed E-state index contributed by atoms with van der Waals surface area (Å²) in [5.41, 5.74) is 6.16. The van der Waals surface area contributed by atoms with Crippen LogP contribution in [0.15, 0.2) is 36.4 Å². The van der Waals surface area contributed by atoms with E-state index in [1.807, 2.05) is 0 Å². The maximum atomic E-state index is 13.3. The lowest BCUT2D eigenvalue weighted by molar-refractivity contribution is -0.134. The molecule has 11 heteroatoms. The van der Waals surface area contributed by atoms with Gasteiger partial charge in [0.15, 0.2) is 6.17 Å². The number of amides is 2. The van der Waals surface area contributed by atoms with Crippen LogP contribution in [0.4, 0.5) is 18.9 Å². The minimum absolute atomic E-state index is 0.0792. The van der Waals surface area contributed by atoms with Crippen LogP contribution in [0.2, 0.25) is 0 Å². The van der Waals surface area contributed by atoms with Gasteiger partial charge in [-0.25, -0.2) is 0 Å². The van der Waals surface area contributed by atoms with Gasteiger partial charge in [-0.05, 0) is 12.1 Å². The van der Waals surface area contributed by atoms with Gasteiger partial charge in [-0.2, -0.15) is 13.2 Å². The lowest BCUT2D eigenvalue weighted by Crippen LogP contribution is -2.54. The van der Waals surface area contributed by atoms with Crippen molar-refractivity contribution in [1.82, 2.24) is 4.90 Å². The van der Waals surface area contributed by atoms with Crippen molar-refractivity contribution in [3.8, 4) is 17.2 Å². The first-order valence-corrected chi connectivity index (χ1v) is 9.43. The smallest absolute Gasteiger partial charge is 0.406 e. The zero-order valence-corrected chi connectivity index (χ0v) is 17.6. The van der Waals surface area contributed by atoms with Crippen molar-refractivity contribution in [2.24, 2.45) is 5.73 Å². The molecule has 32 heavy (non-hydrogen) atoms. The number of ether oxygens (including phenoxy) is 3. The summed E-state index contributed by atoms with van der Waals surface area (Å²) in [4.78, 5) is 27.8. The minimum atomic E-state index is -4.69. The monoisotopic (exact) mass is 453 g/mol. The van der Waals surface area contributed by atoms with Gasteiger partial charge in [-0.3, -0.25) is 14.5 Å². The molecule has 0 aliphatic carbocycles. The van der Waals surface area contributed by atoms with E-state index in [0.717, 1.165) is 4.90 Å². The van der Waals surface area contributed by atoms with E-state index in [1.165, 1.54) is 45.6 Å². The van der Waals surface area contributed by atoms with E-state index in [1.54, 1.807) is 12.1 Å². The maximum Gasteiger partial charge on any atom is 0.406 e. The van der Waals surface area contributed by atoms with E-state index >= 15 is 0 Å². The van der Waals surface area contributed by atoms with Gasteiger partial charge >= 0.3 is 6.18 Å². The average molecular weight is 453 g/mol. The Kier molecular flexibility index (Phi) is 6.49. The number of nitrogens with zero attached hydrogens (tertiary/aromatic N) is 2. The highest BCUT2D eigenvalue weighted by atomic mass is 19.4. The second-order valence-electron chi connectivity index (χ2n) is 6.95. The van der Waals surface area contributed by atoms with E-state index in [4.69, 9.17) is 19.9 Å². The van der Waals surface area contributed by atoms with Gasteiger partial charge in [0.2, 0.25) is 0 Å². The zero-order valence-electron chi connectivity index (χ0n) is 17.6. The number of carbonyl (C=O) groups is 2. The van der Waals surface area contributed by atoms with E-state index in [9.17, 15) is 22.8 Å². The summed E-state index contributed by atoms with van der Waals surface area (Å²) < 4.78 is 55.5. The third-order valence-electron chi connectivity index (χ3n) is 5.02. The van der Waals surface area contributed by atoms with Crippen LogP contribution in [0.25, 0.3) is 0 Å². The van der Waals surface area contributed by atoms with Gasteiger partial charge < -0.3 is 24.8 Å². The van der Waals surface area contributed by atoms with Crippen molar-refractivity contribution < 1.29 is 37.0 Å². The van der Waals surface area contributed by atoms with Gasteiger partial charge in [0.25, 0.3) is 11.8 Å². The number of nitrogens with two attached hydrogens (primary N) is 1. The molecule has 1 aliphatic rings. The van der Waals surface area contributed by atoms with Gasteiger partial charge in [-0.1, -0.05) is 12.1 Å². The van der Waals surface area contributed by atoms with Crippen molar-refractivity contribution in [3.63, 3.8) is 0 Å². The highest BCUT2D eigenvalue weighted by Gasteiger charge is 2.42. The summed E-state index contributed by atoms with van der Waals surface area (Å²) in [5.74, 6) is -0.763. The van der Waals surface area contributed by atoms with Gasteiger partial charge in [0, 0.05) is 12.1 Å². The zero-order chi connectivity index (χ0) is 23.6. The van der Waals surface area contributed by atoms with Crippen molar-refractivity contribution in [2.75, 3.05) is 32.8 Å². The predicted molar refractivity (Wildman–Crippen MR) is 109 cm³/mol. The second-order valence-corrected chi connectivity index (χ2v) is 6.95. The summed E-state index contributed by atoms with van der Waals surface area (Å²) >= 11 is 0. The SMILES string of the molecule is COc1cc(OC)c(CN2C(=O)c3ccccc3N(CC(F)(F)F)C(=O)C2N)c(OC)c1. The summed E-state index contributed by atoms with van der Waals surface area (Å²) in [6.07, 6.45) is -6.36. The van der Waals surface area contributed by atoms with Crippen LogP contribution in [0.1, 0.15) is 15.9 Å². The van der Waals surface area contributed by atoms with Crippen molar-refractivity contribution in [2.45, 2.75) is 18.9 Å². The molecule has 0 saturated heterocycles. The fourth-order valence-electron chi connectivity index (χ4n) is 3.50. The van der Waals surface area contributed by atoms with Crippen molar-refractivity contribution >= 4 is 17.5 Å². The Balaban J connectivity index is 2.10. The molecular weight excluding hydrogens is 431 g/mol. The summed E-state index contributed by atoms with van der Waals surface area (Å²) in [6, 6.07) is 8.67. The Bertz CT molecular complexity index is 1000. The molecule has 0 saturated carbocycles. The number of hydrogen-bond donors (Lipinski definition) is 1. The Labute approximate surface area is 182 Å². The van der Waals surface area contributed by atoms with Gasteiger partial charge in [-0.15, -0.1) is 0 Å². The van der Waals surface area contributed by atoms with E-state index in [0.29, 0.717) is 27.7 Å². The van der Waals surface area contributed by atoms with Crippen LogP contribution < -0.4 is 24.8 Å². The van der Waals surface area contributed by atoms with Crippen LogP contribution in [-0.2, 0) is 11.3 Å². The molecule has 0 aromatic heterocycles. The molecule has 1 unspecified atom stereocenters. The van der Waals surface area contributed by atoms with Crippen molar-refractivity contribution in [1.29, 1.82) is 0 Å². The topological polar surface area (TPSA) is 94.3 Å². The molecule has 2 aromatic rings. The number of halogens is 3. The average Bonchev–Trinajstić information content (AvgIpc) is 2.84. The highest BCUT2D eigenvalue weighted by Crippen LogP contribution is 2.37. The number of anilines is 1. The number of rotatable bonds is 6. The van der Waals surface area contributed by atoms with Crippen LogP contribution in [0.5, 0.6) is 17.2 Å². The number of alkyl halides is 3. The Hall–Kier alpha value is -3.47. The molecule has 0 fully saturated rings. The summed E-state index contributed by atoms with van der Waals surface area (Å²) in [7, 11) is 4.24. The quantitative estimate of drug-likeness (QED) is 0.723. The molecule has 1 heterocycles. The van der Waals surface area contributed by atoms with E-state index in [-0.39, 0.29) is 17.8 Å². The molecule has 0 spiro atoms. The van der Waals surface area contributed by atoms with Crippen molar-refractivity contribution in [3.05, 3.63) is 47.5 Å². The molecule has 2 N–H and O–H groups in total.